The van der Waals surface area contributed by atoms with Crippen LogP contribution in [0.1, 0.15) is 24.1 Å². The van der Waals surface area contributed by atoms with Crippen LogP contribution in [0.5, 0.6) is 0 Å². The zero-order valence-electron chi connectivity index (χ0n) is 16.5. The van der Waals surface area contributed by atoms with Gasteiger partial charge >= 0.3 is 0 Å². The van der Waals surface area contributed by atoms with E-state index >= 15 is 0 Å². The van der Waals surface area contributed by atoms with Gasteiger partial charge in [-0.05, 0) is 48.7 Å². The molecule has 2 atom stereocenters. The molecule has 5 nitrogen and oxygen atoms in total. The van der Waals surface area contributed by atoms with Gasteiger partial charge in [-0.25, -0.2) is 12.8 Å². The van der Waals surface area contributed by atoms with Crippen molar-refractivity contribution in [2.45, 2.75) is 30.3 Å². The molecule has 3 aromatic carbocycles. The molecule has 0 fully saturated rings. The average molecular weight is 427 g/mol. The number of rotatable bonds is 8. The molecule has 0 saturated heterocycles. The van der Waals surface area contributed by atoms with Gasteiger partial charge in [-0.1, -0.05) is 60.7 Å². The Kier molecular flexibility index (Phi) is 6.97. The molecule has 0 heterocycles. The van der Waals surface area contributed by atoms with Crippen molar-refractivity contribution in [1.29, 1.82) is 0 Å². The van der Waals surface area contributed by atoms with E-state index < -0.39 is 27.8 Å². The average Bonchev–Trinajstić information content (AvgIpc) is 2.74. The third kappa shape index (κ3) is 5.75. The minimum absolute atomic E-state index is 0.106. The zero-order chi connectivity index (χ0) is 21.6. The first-order valence-electron chi connectivity index (χ1n) is 9.52. The third-order valence-corrected chi connectivity index (χ3v) is 6.17. The molecule has 2 N–H and O–H groups in total. The number of hydrogen-bond acceptors (Lipinski definition) is 3. The summed E-state index contributed by atoms with van der Waals surface area (Å²) in [5.41, 5.74) is 1.72. The van der Waals surface area contributed by atoms with E-state index in [0.717, 1.165) is 23.3 Å². The van der Waals surface area contributed by atoms with Crippen molar-refractivity contribution in [3.63, 3.8) is 0 Å². The molecule has 156 valence electrons. The van der Waals surface area contributed by atoms with Crippen molar-refractivity contribution in [3.05, 3.63) is 102 Å². The number of carbonyl (C=O) groups is 1. The molecule has 0 aliphatic heterocycles. The molecule has 0 spiro atoms. The Bertz CT molecular complexity index is 1070. The van der Waals surface area contributed by atoms with E-state index in [1.54, 1.807) is 0 Å². The van der Waals surface area contributed by atoms with Gasteiger partial charge in [0.05, 0.1) is 10.9 Å². The standard InChI is InChI=1S/C23H23FN2O3S/c1-17(19-10-6-3-7-11-19)25-23(27)22(16-18-8-4-2-5-9-18)26-30(28,29)21-14-12-20(24)13-15-21/h2-15,17,22,26H,16H2,1H3,(H,25,27)/t17-,22-/m0/s1. The molecular weight excluding hydrogens is 403 g/mol. The first-order chi connectivity index (χ1) is 14.3. The summed E-state index contributed by atoms with van der Waals surface area (Å²) in [6.45, 7) is 1.83. The van der Waals surface area contributed by atoms with Crippen LogP contribution in [-0.2, 0) is 21.2 Å². The topological polar surface area (TPSA) is 75.3 Å². The fourth-order valence-electron chi connectivity index (χ4n) is 3.05. The number of nitrogens with one attached hydrogen (secondary N) is 2. The van der Waals surface area contributed by atoms with Crippen molar-refractivity contribution in [2.24, 2.45) is 0 Å². The highest BCUT2D eigenvalue weighted by Gasteiger charge is 2.27. The molecule has 1 amide bonds. The van der Waals surface area contributed by atoms with Gasteiger partial charge in [-0.3, -0.25) is 4.79 Å². The van der Waals surface area contributed by atoms with Crippen LogP contribution in [-0.4, -0.2) is 20.4 Å². The fourth-order valence-corrected chi connectivity index (χ4v) is 4.24. The van der Waals surface area contributed by atoms with Gasteiger partial charge in [0, 0.05) is 0 Å². The lowest BCUT2D eigenvalue weighted by Gasteiger charge is -2.22. The summed E-state index contributed by atoms with van der Waals surface area (Å²) in [5.74, 6) is -0.981. The first kappa shape index (κ1) is 21.7. The molecule has 0 unspecified atom stereocenters. The van der Waals surface area contributed by atoms with Crippen LogP contribution in [0.15, 0.2) is 89.8 Å². The second kappa shape index (κ2) is 9.65. The van der Waals surface area contributed by atoms with Crippen LogP contribution in [0.25, 0.3) is 0 Å². The van der Waals surface area contributed by atoms with E-state index in [1.807, 2.05) is 67.6 Å². The van der Waals surface area contributed by atoms with Crippen LogP contribution in [0.2, 0.25) is 0 Å². The molecule has 30 heavy (non-hydrogen) atoms. The van der Waals surface area contributed by atoms with Gasteiger partial charge in [0.25, 0.3) is 0 Å². The lowest BCUT2D eigenvalue weighted by Crippen LogP contribution is -2.48. The van der Waals surface area contributed by atoms with Crippen molar-refractivity contribution in [1.82, 2.24) is 10.0 Å². The molecule has 0 aromatic heterocycles. The summed E-state index contributed by atoms with van der Waals surface area (Å²) >= 11 is 0. The molecule has 0 aliphatic rings. The van der Waals surface area contributed by atoms with E-state index in [-0.39, 0.29) is 17.4 Å². The Morgan fingerprint density at radius 2 is 1.47 bits per heavy atom. The van der Waals surface area contributed by atoms with Gasteiger partial charge in [0.1, 0.15) is 11.9 Å². The minimum atomic E-state index is -4.02. The summed E-state index contributed by atoms with van der Waals surface area (Å²) in [6.07, 6.45) is 0.175. The van der Waals surface area contributed by atoms with Gasteiger partial charge in [0.2, 0.25) is 15.9 Å². The second-order valence-electron chi connectivity index (χ2n) is 6.96. The predicted octanol–water partition coefficient (Wildman–Crippen LogP) is 3.59. The number of amides is 1. The minimum Gasteiger partial charge on any atom is -0.348 e. The smallest absolute Gasteiger partial charge is 0.241 e. The van der Waals surface area contributed by atoms with Crippen molar-refractivity contribution < 1.29 is 17.6 Å². The van der Waals surface area contributed by atoms with E-state index in [1.165, 1.54) is 12.1 Å². The highest BCUT2D eigenvalue weighted by atomic mass is 32.2. The maximum atomic E-state index is 13.2. The van der Waals surface area contributed by atoms with Gasteiger partial charge < -0.3 is 5.32 Å². The largest absolute Gasteiger partial charge is 0.348 e. The van der Waals surface area contributed by atoms with Crippen molar-refractivity contribution >= 4 is 15.9 Å². The third-order valence-electron chi connectivity index (χ3n) is 4.68. The SMILES string of the molecule is C[C@H](NC(=O)[C@H](Cc1ccccc1)NS(=O)(=O)c1ccc(F)cc1)c1ccccc1. The zero-order valence-corrected chi connectivity index (χ0v) is 17.3. The molecule has 3 aromatic rings. The van der Waals surface area contributed by atoms with Crippen LogP contribution in [0, 0.1) is 5.82 Å². The lowest BCUT2D eigenvalue weighted by molar-refractivity contribution is -0.123. The quantitative estimate of drug-likeness (QED) is 0.578. The molecule has 0 saturated carbocycles. The normalized spacial score (nSPS) is 13.4. The Labute approximate surface area is 176 Å². The monoisotopic (exact) mass is 426 g/mol. The van der Waals surface area contributed by atoms with Crippen LogP contribution in [0.3, 0.4) is 0 Å². The molecule has 7 heteroatoms. The highest BCUT2D eigenvalue weighted by Crippen LogP contribution is 2.15. The van der Waals surface area contributed by atoms with Crippen LogP contribution >= 0.6 is 0 Å². The number of sulfonamides is 1. The summed E-state index contributed by atoms with van der Waals surface area (Å²) in [4.78, 5) is 12.9. The van der Waals surface area contributed by atoms with Crippen LogP contribution < -0.4 is 10.0 Å². The van der Waals surface area contributed by atoms with Gasteiger partial charge in [0.15, 0.2) is 0 Å². The summed E-state index contributed by atoms with van der Waals surface area (Å²) in [7, 11) is -4.02. The molecule has 0 radical (unpaired) electrons. The fraction of sp³-hybridized carbons (Fsp3) is 0.174. The van der Waals surface area contributed by atoms with Gasteiger partial charge in [-0.2, -0.15) is 4.72 Å². The predicted molar refractivity (Wildman–Crippen MR) is 114 cm³/mol. The van der Waals surface area contributed by atoms with E-state index in [4.69, 9.17) is 0 Å². The van der Waals surface area contributed by atoms with Gasteiger partial charge in [-0.15, -0.1) is 0 Å². The molecule has 0 aliphatic carbocycles. The maximum Gasteiger partial charge on any atom is 0.241 e. The first-order valence-corrected chi connectivity index (χ1v) is 11.0. The summed E-state index contributed by atoms with van der Waals surface area (Å²) in [6, 6.07) is 21.7. The number of carbonyl (C=O) groups excluding carboxylic acids is 1. The molecule has 3 rings (SSSR count). The van der Waals surface area contributed by atoms with E-state index in [0.29, 0.717) is 0 Å². The Balaban J connectivity index is 1.82. The summed E-state index contributed by atoms with van der Waals surface area (Å²) < 4.78 is 41.2. The number of halogens is 1. The van der Waals surface area contributed by atoms with E-state index in [2.05, 4.69) is 10.0 Å². The molecule has 0 bridgehead atoms. The molecular formula is C23H23FN2O3S. The summed E-state index contributed by atoms with van der Waals surface area (Å²) in [5, 5.41) is 2.87. The lowest BCUT2D eigenvalue weighted by atomic mass is 10.0. The second-order valence-corrected chi connectivity index (χ2v) is 8.67. The Morgan fingerprint density at radius 1 is 0.900 bits per heavy atom. The number of hydrogen-bond donors (Lipinski definition) is 2. The highest BCUT2D eigenvalue weighted by molar-refractivity contribution is 7.89. The maximum absolute atomic E-state index is 13.2. The van der Waals surface area contributed by atoms with E-state index in [9.17, 15) is 17.6 Å². The Hall–Kier alpha value is -3.03. The van der Waals surface area contributed by atoms with Crippen molar-refractivity contribution in [3.8, 4) is 0 Å². The number of benzene rings is 3. The Morgan fingerprint density at radius 3 is 2.07 bits per heavy atom. The van der Waals surface area contributed by atoms with Crippen LogP contribution in [0.4, 0.5) is 4.39 Å². The van der Waals surface area contributed by atoms with Crippen molar-refractivity contribution in [2.75, 3.05) is 0 Å².